The number of hydrogen-bond donors (Lipinski definition) is 1. The summed E-state index contributed by atoms with van der Waals surface area (Å²) in [4.78, 5) is 4.38. The average molecular weight is 272 g/mol. The molecular formula is C16H20N2O2. The fourth-order valence-corrected chi connectivity index (χ4v) is 2.79. The van der Waals surface area contributed by atoms with E-state index in [0.29, 0.717) is 5.88 Å². The first kappa shape index (κ1) is 13.2. The van der Waals surface area contributed by atoms with Gasteiger partial charge in [-0.2, -0.15) is 0 Å². The Labute approximate surface area is 118 Å². The molecule has 0 radical (unpaired) electrons. The molecule has 2 atom stereocenters. The van der Waals surface area contributed by atoms with Gasteiger partial charge in [0.25, 0.3) is 0 Å². The molecular weight excluding hydrogens is 252 g/mol. The van der Waals surface area contributed by atoms with Crippen LogP contribution in [0.2, 0.25) is 0 Å². The molecule has 1 aromatic carbocycles. The van der Waals surface area contributed by atoms with Gasteiger partial charge in [0.05, 0.1) is 7.11 Å². The monoisotopic (exact) mass is 272 g/mol. The van der Waals surface area contributed by atoms with Crippen molar-refractivity contribution in [3.05, 3.63) is 30.5 Å². The Morgan fingerprint density at radius 2 is 2.15 bits per heavy atom. The van der Waals surface area contributed by atoms with Crippen LogP contribution in [0.5, 0.6) is 11.6 Å². The molecule has 2 aromatic rings. The first-order valence-corrected chi connectivity index (χ1v) is 7.11. The van der Waals surface area contributed by atoms with E-state index in [4.69, 9.17) is 15.2 Å². The van der Waals surface area contributed by atoms with Gasteiger partial charge in [0.15, 0.2) is 0 Å². The normalized spacial score (nSPS) is 22.7. The number of nitrogens with two attached hydrogens (primary N) is 1. The molecule has 0 amide bonds. The van der Waals surface area contributed by atoms with Crippen molar-refractivity contribution >= 4 is 10.8 Å². The molecule has 4 heteroatoms. The topological polar surface area (TPSA) is 57.4 Å². The van der Waals surface area contributed by atoms with Crippen LogP contribution in [-0.2, 0) is 0 Å². The third kappa shape index (κ3) is 2.70. The van der Waals surface area contributed by atoms with Crippen molar-refractivity contribution in [1.29, 1.82) is 0 Å². The molecule has 4 nitrogen and oxygen atoms in total. The number of fused-ring (bicyclic) bond motifs is 1. The lowest BCUT2D eigenvalue weighted by molar-refractivity contribution is 0.141. The summed E-state index contributed by atoms with van der Waals surface area (Å²) in [5.74, 6) is 1.50. The smallest absolute Gasteiger partial charge is 0.221 e. The Kier molecular flexibility index (Phi) is 3.74. The summed E-state index contributed by atoms with van der Waals surface area (Å²) in [7, 11) is 1.66. The SMILES string of the molecule is COc1ccc2ccnc(OC3CCCC(N)C3)c2c1. The second kappa shape index (κ2) is 5.67. The highest BCUT2D eigenvalue weighted by molar-refractivity contribution is 5.87. The third-order valence-corrected chi connectivity index (χ3v) is 3.88. The van der Waals surface area contributed by atoms with Gasteiger partial charge in [0.2, 0.25) is 5.88 Å². The van der Waals surface area contributed by atoms with Gasteiger partial charge in [-0.3, -0.25) is 0 Å². The molecule has 1 fully saturated rings. The zero-order valence-electron chi connectivity index (χ0n) is 11.7. The van der Waals surface area contributed by atoms with E-state index in [1.165, 1.54) is 0 Å². The molecule has 0 saturated heterocycles. The van der Waals surface area contributed by atoms with Crippen LogP contribution in [0.4, 0.5) is 0 Å². The Hall–Kier alpha value is -1.81. The van der Waals surface area contributed by atoms with Gasteiger partial charge in [-0.05, 0) is 49.3 Å². The molecule has 20 heavy (non-hydrogen) atoms. The largest absolute Gasteiger partial charge is 0.497 e. The first-order valence-electron chi connectivity index (χ1n) is 7.11. The minimum atomic E-state index is 0.169. The lowest BCUT2D eigenvalue weighted by Gasteiger charge is -2.27. The quantitative estimate of drug-likeness (QED) is 0.933. The van der Waals surface area contributed by atoms with Gasteiger partial charge in [0.1, 0.15) is 11.9 Å². The second-order valence-corrected chi connectivity index (χ2v) is 5.37. The van der Waals surface area contributed by atoms with E-state index in [0.717, 1.165) is 42.2 Å². The van der Waals surface area contributed by atoms with Crippen LogP contribution in [-0.4, -0.2) is 24.2 Å². The minimum absolute atomic E-state index is 0.169. The highest BCUT2D eigenvalue weighted by Gasteiger charge is 2.21. The van der Waals surface area contributed by atoms with Crippen LogP contribution in [0.15, 0.2) is 30.5 Å². The van der Waals surface area contributed by atoms with Crippen molar-refractivity contribution < 1.29 is 9.47 Å². The van der Waals surface area contributed by atoms with E-state index in [1.807, 2.05) is 24.3 Å². The third-order valence-electron chi connectivity index (χ3n) is 3.88. The van der Waals surface area contributed by atoms with Gasteiger partial charge in [0, 0.05) is 17.6 Å². The standard InChI is InChI=1S/C16H20N2O2/c1-19-13-6-5-11-7-8-18-16(15(11)10-13)20-14-4-2-3-12(17)9-14/h5-8,10,12,14H,2-4,9,17H2,1H3. The van der Waals surface area contributed by atoms with E-state index in [2.05, 4.69) is 4.98 Å². The molecule has 1 heterocycles. The van der Waals surface area contributed by atoms with E-state index in [-0.39, 0.29) is 12.1 Å². The summed E-state index contributed by atoms with van der Waals surface area (Å²) < 4.78 is 11.4. The Morgan fingerprint density at radius 1 is 1.25 bits per heavy atom. The Morgan fingerprint density at radius 3 is 2.95 bits per heavy atom. The number of rotatable bonds is 3. The number of hydrogen-bond acceptors (Lipinski definition) is 4. The number of pyridine rings is 1. The molecule has 1 saturated carbocycles. The Balaban J connectivity index is 1.90. The molecule has 1 aliphatic carbocycles. The van der Waals surface area contributed by atoms with E-state index < -0.39 is 0 Å². The Bertz CT molecular complexity index is 600. The highest BCUT2D eigenvalue weighted by Crippen LogP contribution is 2.30. The molecule has 0 bridgehead atoms. The van der Waals surface area contributed by atoms with Crippen LogP contribution in [0.1, 0.15) is 25.7 Å². The summed E-state index contributed by atoms with van der Waals surface area (Å²) in [5.41, 5.74) is 6.02. The van der Waals surface area contributed by atoms with Crippen LogP contribution in [0.25, 0.3) is 10.8 Å². The molecule has 1 aromatic heterocycles. The molecule has 0 spiro atoms. The summed E-state index contributed by atoms with van der Waals surface area (Å²) in [5, 5.41) is 2.10. The lowest BCUT2D eigenvalue weighted by Crippen LogP contribution is -2.33. The number of nitrogens with zero attached hydrogens (tertiary/aromatic N) is 1. The van der Waals surface area contributed by atoms with Gasteiger partial charge < -0.3 is 15.2 Å². The summed E-state index contributed by atoms with van der Waals surface area (Å²) in [6, 6.07) is 8.17. The van der Waals surface area contributed by atoms with Crippen molar-refractivity contribution in [2.45, 2.75) is 37.8 Å². The van der Waals surface area contributed by atoms with Crippen molar-refractivity contribution in [2.24, 2.45) is 5.73 Å². The first-order chi connectivity index (χ1) is 9.76. The maximum absolute atomic E-state index is 6.09. The van der Waals surface area contributed by atoms with Crippen LogP contribution in [0.3, 0.4) is 0 Å². The zero-order chi connectivity index (χ0) is 13.9. The fraction of sp³-hybridized carbons (Fsp3) is 0.438. The highest BCUT2D eigenvalue weighted by atomic mass is 16.5. The minimum Gasteiger partial charge on any atom is -0.497 e. The van der Waals surface area contributed by atoms with Gasteiger partial charge >= 0.3 is 0 Å². The van der Waals surface area contributed by atoms with Gasteiger partial charge in [-0.25, -0.2) is 4.98 Å². The van der Waals surface area contributed by atoms with Crippen LogP contribution < -0.4 is 15.2 Å². The van der Waals surface area contributed by atoms with Crippen molar-refractivity contribution in [2.75, 3.05) is 7.11 Å². The summed E-state index contributed by atoms with van der Waals surface area (Å²) >= 11 is 0. The van der Waals surface area contributed by atoms with Gasteiger partial charge in [-0.1, -0.05) is 6.07 Å². The predicted molar refractivity (Wildman–Crippen MR) is 79.2 cm³/mol. The summed E-state index contributed by atoms with van der Waals surface area (Å²) in [6.45, 7) is 0. The molecule has 106 valence electrons. The van der Waals surface area contributed by atoms with Crippen LogP contribution >= 0.6 is 0 Å². The second-order valence-electron chi connectivity index (χ2n) is 5.37. The number of ether oxygens (including phenoxy) is 2. The zero-order valence-corrected chi connectivity index (χ0v) is 11.7. The maximum Gasteiger partial charge on any atom is 0.221 e. The number of benzene rings is 1. The fourth-order valence-electron chi connectivity index (χ4n) is 2.79. The van der Waals surface area contributed by atoms with Crippen molar-refractivity contribution in [3.63, 3.8) is 0 Å². The van der Waals surface area contributed by atoms with E-state index in [9.17, 15) is 0 Å². The van der Waals surface area contributed by atoms with Crippen LogP contribution in [0, 0.1) is 0 Å². The number of methoxy groups -OCH3 is 1. The average Bonchev–Trinajstić information content (AvgIpc) is 2.47. The molecule has 0 aliphatic heterocycles. The van der Waals surface area contributed by atoms with Gasteiger partial charge in [-0.15, -0.1) is 0 Å². The molecule has 2 N–H and O–H groups in total. The van der Waals surface area contributed by atoms with Crippen molar-refractivity contribution in [3.8, 4) is 11.6 Å². The van der Waals surface area contributed by atoms with E-state index >= 15 is 0 Å². The summed E-state index contributed by atoms with van der Waals surface area (Å²) in [6.07, 6.45) is 6.13. The maximum atomic E-state index is 6.09. The molecule has 3 rings (SSSR count). The predicted octanol–water partition coefficient (Wildman–Crippen LogP) is 2.89. The van der Waals surface area contributed by atoms with E-state index in [1.54, 1.807) is 13.3 Å². The molecule has 2 unspecified atom stereocenters. The molecule has 1 aliphatic rings. The lowest BCUT2D eigenvalue weighted by atomic mass is 9.93. The number of aromatic nitrogens is 1. The van der Waals surface area contributed by atoms with Crippen molar-refractivity contribution in [1.82, 2.24) is 4.98 Å².